The maximum absolute atomic E-state index is 11.1. The van der Waals surface area contributed by atoms with E-state index in [-0.39, 0.29) is 11.3 Å². The molecule has 0 bridgehead atoms. The van der Waals surface area contributed by atoms with Crippen molar-refractivity contribution in [3.63, 3.8) is 0 Å². The van der Waals surface area contributed by atoms with Gasteiger partial charge < -0.3 is 15.0 Å². The predicted octanol–water partition coefficient (Wildman–Crippen LogP) is 4.01. The average Bonchev–Trinajstić information content (AvgIpc) is 2.54. The standard InChI is InChI=1S/C18H27ClO4/c1-13-15(12-21)17(22)14(18(23)16(13)19)10-8-6-4-2-3-5-7-9-11-20/h11-12,16,18,22-23H,2-10H2,1H3/t16?,18-/m1/s1. The normalized spacial score (nSPS) is 21.7. The number of carbonyl (C=O) groups excluding carboxylic acids is 2. The van der Waals surface area contributed by atoms with E-state index in [2.05, 4.69) is 0 Å². The monoisotopic (exact) mass is 342 g/mol. The molecule has 1 aliphatic rings. The molecule has 0 radical (unpaired) electrons. The summed E-state index contributed by atoms with van der Waals surface area (Å²) in [5.74, 6) is -0.101. The number of aliphatic hydroxyl groups is 2. The Morgan fingerprint density at radius 3 is 2.17 bits per heavy atom. The third kappa shape index (κ3) is 5.78. The smallest absolute Gasteiger partial charge is 0.153 e. The molecule has 2 N–H and O–H groups in total. The lowest BCUT2D eigenvalue weighted by Gasteiger charge is -2.28. The minimum atomic E-state index is -0.927. The van der Waals surface area contributed by atoms with Crippen LogP contribution >= 0.6 is 11.6 Å². The number of hydrogen-bond acceptors (Lipinski definition) is 4. The molecule has 2 atom stereocenters. The summed E-state index contributed by atoms with van der Waals surface area (Å²) in [7, 11) is 0. The summed E-state index contributed by atoms with van der Waals surface area (Å²) in [4.78, 5) is 21.3. The first kappa shape index (κ1) is 19.9. The molecule has 1 rings (SSSR count). The summed E-state index contributed by atoms with van der Waals surface area (Å²) in [5, 5.41) is 19.7. The molecule has 5 heteroatoms. The number of halogens is 1. The van der Waals surface area contributed by atoms with E-state index in [1.165, 1.54) is 0 Å². The first-order chi connectivity index (χ1) is 11.0. The van der Waals surface area contributed by atoms with E-state index in [4.69, 9.17) is 11.6 Å². The Bertz CT molecular complexity index is 468. The highest BCUT2D eigenvalue weighted by Gasteiger charge is 2.32. The van der Waals surface area contributed by atoms with Crippen LogP contribution < -0.4 is 0 Å². The number of unbranched alkanes of at least 4 members (excludes halogenated alkanes) is 7. The number of aldehydes is 2. The maximum atomic E-state index is 11.1. The lowest BCUT2D eigenvalue weighted by Crippen LogP contribution is -2.31. The van der Waals surface area contributed by atoms with E-state index in [1.54, 1.807) is 6.92 Å². The van der Waals surface area contributed by atoms with Crippen LogP contribution in [-0.2, 0) is 9.59 Å². The molecule has 130 valence electrons. The largest absolute Gasteiger partial charge is 0.507 e. The molecular formula is C18H27ClO4. The summed E-state index contributed by atoms with van der Waals surface area (Å²) < 4.78 is 0. The van der Waals surface area contributed by atoms with Crippen LogP contribution in [-0.4, -0.2) is 34.3 Å². The summed E-state index contributed by atoms with van der Waals surface area (Å²) in [6.07, 6.45) is 9.08. The predicted molar refractivity (Wildman–Crippen MR) is 91.7 cm³/mol. The second-order valence-corrected chi connectivity index (χ2v) is 6.59. The number of carbonyl (C=O) groups is 2. The van der Waals surface area contributed by atoms with Crippen LogP contribution in [0.1, 0.15) is 64.7 Å². The molecule has 4 nitrogen and oxygen atoms in total. The van der Waals surface area contributed by atoms with Gasteiger partial charge in [0.15, 0.2) is 6.29 Å². The Labute approximate surface area is 143 Å². The molecule has 0 aromatic rings. The van der Waals surface area contributed by atoms with Gasteiger partial charge in [-0.25, -0.2) is 0 Å². The van der Waals surface area contributed by atoms with E-state index in [0.717, 1.165) is 51.2 Å². The van der Waals surface area contributed by atoms with Crippen molar-refractivity contribution in [2.24, 2.45) is 0 Å². The Hall–Kier alpha value is -1.13. The highest BCUT2D eigenvalue weighted by Crippen LogP contribution is 2.34. The number of rotatable bonds is 11. The van der Waals surface area contributed by atoms with E-state index in [1.807, 2.05) is 0 Å². The molecule has 1 aliphatic carbocycles. The van der Waals surface area contributed by atoms with Crippen LogP contribution in [0.3, 0.4) is 0 Å². The zero-order valence-corrected chi connectivity index (χ0v) is 14.5. The molecule has 0 spiro atoms. The Kier molecular flexibility index (Phi) is 9.19. The molecule has 0 aliphatic heterocycles. The fourth-order valence-electron chi connectivity index (χ4n) is 2.90. The van der Waals surface area contributed by atoms with E-state index in [9.17, 15) is 19.8 Å². The van der Waals surface area contributed by atoms with Gasteiger partial charge in [-0.1, -0.05) is 32.1 Å². The van der Waals surface area contributed by atoms with Crippen molar-refractivity contribution < 1.29 is 19.8 Å². The molecule has 0 amide bonds. The van der Waals surface area contributed by atoms with Gasteiger partial charge in [0.2, 0.25) is 0 Å². The van der Waals surface area contributed by atoms with Crippen molar-refractivity contribution in [1.29, 1.82) is 0 Å². The van der Waals surface area contributed by atoms with E-state index < -0.39 is 11.5 Å². The number of hydrogen-bond donors (Lipinski definition) is 2. The molecule has 0 saturated heterocycles. The highest BCUT2D eigenvalue weighted by molar-refractivity contribution is 6.23. The SMILES string of the molecule is CC1=C(C=O)C(O)=C(CCCCCCCCCC=O)[C@@H](O)C1Cl. The quantitative estimate of drug-likeness (QED) is 0.338. The van der Waals surface area contributed by atoms with Gasteiger partial charge in [-0.05, 0) is 31.8 Å². The lowest BCUT2D eigenvalue weighted by molar-refractivity contribution is -0.108. The zero-order chi connectivity index (χ0) is 17.2. The molecular weight excluding hydrogens is 316 g/mol. The average molecular weight is 343 g/mol. The summed E-state index contributed by atoms with van der Waals surface area (Å²) in [5.41, 5.74) is 1.20. The van der Waals surface area contributed by atoms with Gasteiger partial charge >= 0.3 is 0 Å². The fraction of sp³-hybridized carbons (Fsp3) is 0.667. The topological polar surface area (TPSA) is 74.6 Å². The Morgan fingerprint density at radius 2 is 1.61 bits per heavy atom. The van der Waals surface area contributed by atoms with Gasteiger partial charge in [-0.15, -0.1) is 11.6 Å². The van der Waals surface area contributed by atoms with Crippen LogP contribution in [0.15, 0.2) is 22.5 Å². The molecule has 0 saturated carbocycles. The van der Waals surface area contributed by atoms with Crippen LogP contribution in [0.2, 0.25) is 0 Å². The maximum Gasteiger partial charge on any atom is 0.153 e. The Balaban J connectivity index is 2.37. The van der Waals surface area contributed by atoms with Gasteiger partial charge in [0.05, 0.1) is 17.1 Å². The minimum Gasteiger partial charge on any atom is -0.507 e. The van der Waals surface area contributed by atoms with Crippen molar-refractivity contribution in [2.75, 3.05) is 0 Å². The van der Waals surface area contributed by atoms with Gasteiger partial charge in [-0.3, -0.25) is 4.79 Å². The van der Waals surface area contributed by atoms with E-state index in [0.29, 0.717) is 30.3 Å². The van der Waals surface area contributed by atoms with E-state index >= 15 is 0 Å². The van der Waals surface area contributed by atoms with Crippen molar-refractivity contribution in [3.05, 3.63) is 22.5 Å². The molecule has 23 heavy (non-hydrogen) atoms. The molecule has 0 fully saturated rings. The second kappa shape index (κ2) is 10.6. The molecule has 1 unspecified atom stereocenters. The third-order valence-electron chi connectivity index (χ3n) is 4.42. The van der Waals surface area contributed by atoms with Crippen LogP contribution in [0.25, 0.3) is 0 Å². The second-order valence-electron chi connectivity index (χ2n) is 6.12. The van der Waals surface area contributed by atoms with Gasteiger partial charge in [-0.2, -0.15) is 0 Å². The van der Waals surface area contributed by atoms with Gasteiger partial charge in [0.1, 0.15) is 12.0 Å². The Morgan fingerprint density at radius 1 is 1.04 bits per heavy atom. The van der Waals surface area contributed by atoms with Crippen molar-refractivity contribution in [2.45, 2.75) is 76.2 Å². The zero-order valence-electron chi connectivity index (χ0n) is 13.8. The first-order valence-electron chi connectivity index (χ1n) is 8.38. The molecule has 0 aromatic heterocycles. The summed E-state index contributed by atoms with van der Waals surface area (Å²) >= 11 is 6.14. The number of aliphatic hydroxyl groups excluding tert-OH is 2. The first-order valence-corrected chi connectivity index (χ1v) is 8.82. The lowest BCUT2D eigenvalue weighted by atomic mass is 9.86. The third-order valence-corrected chi connectivity index (χ3v) is 4.98. The van der Waals surface area contributed by atoms with Gasteiger partial charge in [0.25, 0.3) is 0 Å². The van der Waals surface area contributed by atoms with Crippen LogP contribution in [0, 0.1) is 0 Å². The minimum absolute atomic E-state index is 0.101. The van der Waals surface area contributed by atoms with Crippen LogP contribution in [0.5, 0.6) is 0 Å². The molecule has 0 heterocycles. The van der Waals surface area contributed by atoms with Crippen molar-refractivity contribution >= 4 is 24.2 Å². The summed E-state index contributed by atoms with van der Waals surface area (Å²) in [6.45, 7) is 1.65. The summed E-state index contributed by atoms with van der Waals surface area (Å²) in [6, 6.07) is 0. The number of allylic oxidation sites excluding steroid dienone is 1. The number of alkyl halides is 1. The van der Waals surface area contributed by atoms with Gasteiger partial charge in [0, 0.05) is 12.0 Å². The highest BCUT2D eigenvalue weighted by atomic mass is 35.5. The van der Waals surface area contributed by atoms with Crippen molar-refractivity contribution in [3.8, 4) is 0 Å². The van der Waals surface area contributed by atoms with Crippen molar-refractivity contribution in [1.82, 2.24) is 0 Å². The molecule has 0 aromatic carbocycles. The van der Waals surface area contributed by atoms with Crippen LogP contribution in [0.4, 0.5) is 0 Å². The fourth-order valence-corrected chi connectivity index (χ4v) is 3.17.